The zero-order valence-corrected chi connectivity index (χ0v) is 5.80. The van der Waals surface area contributed by atoms with Crippen molar-refractivity contribution in [1.82, 2.24) is 0 Å². The molecule has 0 saturated heterocycles. The second-order valence-electron chi connectivity index (χ2n) is 2.20. The van der Waals surface area contributed by atoms with E-state index >= 15 is 0 Å². The number of hydrogen-bond donors (Lipinski definition) is 1. The first-order valence-electron chi connectivity index (χ1n) is 3.22. The van der Waals surface area contributed by atoms with E-state index < -0.39 is 6.43 Å². The molecule has 0 radical (unpaired) electrons. The van der Waals surface area contributed by atoms with Crippen molar-refractivity contribution in [2.24, 2.45) is 0 Å². The topological polar surface area (TPSA) is 20.2 Å². The summed E-state index contributed by atoms with van der Waals surface area (Å²) < 4.78 is 23.9. The highest BCUT2D eigenvalue weighted by Gasteiger charge is 2.04. The van der Waals surface area contributed by atoms with E-state index in [2.05, 4.69) is 0 Å². The van der Waals surface area contributed by atoms with Gasteiger partial charge in [-0.15, -0.1) is 0 Å². The first-order chi connectivity index (χ1) is 5.24. The molecule has 60 valence electrons. The molecule has 0 aliphatic rings. The molecule has 0 unspecified atom stereocenters. The van der Waals surface area contributed by atoms with Crippen LogP contribution in [0.3, 0.4) is 0 Å². The summed E-state index contributed by atoms with van der Waals surface area (Å²) in [6.07, 6.45) is -2.43. The van der Waals surface area contributed by atoms with E-state index in [1.165, 1.54) is 24.3 Å². The normalized spacial score (nSPS) is 10.5. The summed E-state index contributed by atoms with van der Waals surface area (Å²) in [5.41, 5.74) is 0.636. The van der Waals surface area contributed by atoms with Gasteiger partial charge in [0.15, 0.2) is 0 Å². The van der Waals surface area contributed by atoms with Gasteiger partial charge in [-0.05, 0) is 5.56 Å². The Kier molecular flexibility index (Phi) is 2.54. The largest absolute Gasteiger partial charge is 0.392 e. The van der Waals surface area contributed by atoms with Crippen molar-refractivity contribution in [3.63, 3.8) is 0 Å². The summed E-state index contributed by atoms with van der Waals surface area (Å²) in [6.45, 7) is -0.108. The number of halogens is 2. The Bertz CT molecular complexity index is 218. The highest BCUT2D eigenvalue weighted by atomic mass is 19.3. The maximum Gasteiger partial charge on any atom is 0.263 e. The first kappa shape index (κ1) is 8.14. The molecular weight excluding hydrogens is 150 g/mol. The number of aliphatic hydroxyl groups is 1. The van der Waals surface area contributed by atoms with Gasteiger partial charge in [0.05, 0.1) is 6.61 Å². The Balaban J connectivity index is 2.83. The first-order valence-corrected chi connectivity index (χ1v) is 3.22. The van der Waals surface area contributed by atoms with E-state index in [1.54, 1.807) is 0 Å². The van der Waals surface area contributed by atoms with Gasteiger partial charge in [0.1, 0.15) is 0 Å². The van der Waals surface area contributed by atoms with Crippen LogP contribution < -0.4 is 0 Å². The average Bonchev–Trinajstić information content (AvgIpc) is 2.05. The minimum absolute atomic E-state index is 0.0119. The molecule has 3 heteroatoms. The molecule has 1 N–H and O–H groups in total. The minimum atomic E-state index is -2.43. The fourth-order valence-electron chi connectivity index (χ4n) is 0.769. The number of alkyl halides is 2. The van der Waals surface area contributed by atoms with Crippen molar-refractivity contribution >= 4 is 0 Å². The third kappa shape index (κ3) is 1.98. The van der Waals surface area contributed by atoms with Crippen LogP contribution >= 0.6 is 0 Å². The predicted octanol–water partition coefficient (Wildman–Crippen LogP) is 2.12. The maximum absolute atomic E-state index is 11.9. The lowest BCUT2D eigenvalue weighted by atomic mass is 10.1. The molecule has 0 fully saturated rings. The van der Waals surface area contributed by atoms with E-state index in [0.717, 1.165) is 0 Å². The van der Waals surface area contributed by atoms with Crippen molar-refractivity contribution in [3.8, 4) is 0 Å². The van der Waals surface area contributed by atoms with Crippen molar-refractivity contribution in [2.45, 2.75) is 13.0 Å². The number of hydrogen-bond acceptors (Lipinski definition) is 1. The lowest BCUT2D eigenvalue weighted by Gasteiger charge is -1.99. The highest BCUT2D eigenvalue weighted by Crippen LogP contribution is 2.18. The highest BCUT2D eigenvalue weighted by molar-refractivity contribution is 5.22. The van der Waals surface area contributed by atoms with E-state index in [4.69, 9.17) is 5.11 Å². The molecule has 0 amide bonds. The quantitative estimate of drug-likeness (QED) is 0.698. The van der Waals surface area contributed by atoms with Crippen molar-refractivity contribution in [1.29, 1.82) is 0 Å². The standard InChI is InChI=1S/C8H8F2O/c9-8(10)7-3-1-6(5-11)2-4-7/h1-4,8,11H,5H2. The average molecular weight is 158 g/mol. The monoisotopic (exact) mass is 158 g/mol. The van der Waals surface area contributed by atoms with Gasteiger partial charge in [0, 0.05) is 5.56 Å². The molecule has 0 aliphatic carbocycles. The second kappa shape index (κ2) is 3.44. The molecule has 0 aliphatic heterocycles. The van der Waals surface area contributed by atoms with Crippen molar-refractivity contribution < 1.29 is 13.9 Å². The van der Waals surface area contributed by atoms with Gasteiger partial charge in [-0.25, -0.2) is 8.78 Å². The van der Waals surface area contributed by atoms with Crippen LogP contribution in [-0.2, 0) is 6.61 Å². The van der Waals surface area contributed by atoms with Crippen LogP contribution in [0.15, 0.2) is 24.3 Å². The molecule has 0 saturated carbocycles. The van der Waals surface area contributed by atoms with Crippen LogP contribution in [0.25, 0.3) is 0 Å². The molecule has 0 atom stereocenters. The smallest absolute Gasteiger partial charge is 0.263 e. The van der Waals surface area contributed by atoms with Crippen LogP contribution in [0.5, 0.6) is 0 Å². The molecule has 0 aromatic heterocycles. The van der Waals surface area contributed by atoms with Gasteiger partial charge in [-0.3, -0.25) is 0 Å². The maximum atomic E-state index is 11.9. The van der Waals surface area contributed by atoms with Gasteiger partial charge in [0.2, 0.25) is 0 Å². The van der Waals surface area contributed by atoms with Gasteiger partial charge in [-0.2, -0.15) is 0 Å². The van der Waals surface area contributed by atoms with Crippen molar-refractivity contribution in [3.05, 3.63) is 35.4 Å². The minimum Gasteiger partial charge on any atom is -0.392 e. The molecular formula is C8H8F2O. The summed E-state index contributed by atoms with van der Waals surface area (Å²) in [4.78, 5) is 0. The molecule has 11 heavy (non-hydrogen) atoms. The molecule has 0 bridgehead atoms. The summed E-state index contributed by atoms with van der Waals surface area (Å²) in [6, 6.07) is 5.61. The van der Waals surface area contributed by atoms with Crippen LogP contribution in [-0.4, -0.2) is 5.11 Å². The molecule has 0 spiro atoms. The van der Waals surface area contributed by atoms with Crippen LogP contribution in [0.2, 0.25) is 0 Å². The molecule has 1 nitrogen and oxygen atoms in total. The number of benzene rings is 1. The fraction of sp³-hybridized carbons (Fsp3) is 0.250. The predicted molar refractivity (Wildman–Crippen MR) is 37.3 cm³/mol. The van der Waals surface area contributed by atoms with Crippen LogP contribution in [0, 0.1) is 0 Å². The summed E-state index contributed by atoms with van der Waals surface area (Å²) in [5, 5.41) is 8.58. The lowest BCUT2D eigenvalue weighted by Crippen LogP contribution is -1.86. The van der Waals surface area contributed by atoms with Gasteiger partial charge in [0.25, 0.3) is 6.43 Å². The third-order valence-corrected chi connectivity index (χ3v) is 1.41. The molecule has 1 aromatic carbocycles. The Labute approximate surface area is 63.3 Å². The third-order valence-electron chi connectivity index (χ3n) is 1.41. The van der Waals surface area contributed by atoms with Gasteiger partial charge >= 0.3 is 0 Å². The summed E-state index contributed by atoms with van der Waals surface area (Å²) >= 11 is 0. The SMILES string of the molecule is OCc1ccc(C(F)F)cc1. The zero-order valence-electron chi connectivity index (χ0n) is 5.80. The Morgan fingerprint density at radius 2 is 1.73 bits per heavy atom. The lowest BCUT2D eigenvalue weighted by molar-refractivity contribution is 0.151. The Morgan fingerprint density at radius 3 is 2.09 bits per heavy atom. The van der Waals surface area contributed by atoms with Gasteiger partial charge < -0.3 is 5.11 Å². The van der Waals surface area contributed by atoms with E-state index in [1.807, 2.05) is 0 Å². The number of rotatable bonds is 2. The Hall–Kier alpha value is -0.960. The second-order valence-corrected chi connectivity index (χ2v) is 2.20. The van der Waals surface area contributed by atoms with E-state index in [0.29, 0.717) is 5.56 Å². The van der Waals surface area contributed by atoms with Gasteiger partial charge in [-0.1, -0.05) is 24.3 Å². The van der Waals surface area contributed by atoms with Crippen LogP contribution in [0.1, 0.15) is 17.6 Å². The summed E-state index contributed by atoms with van der Waals surface area (Å²) in [5.74, 6) is 0. The zero-order chi connectivity index (χ0) is 8.27. The molecule has 1 rings (SSSR count). The molecule has 1 aromatic rings. The fourth-order valence-corrected chi connectivity index (χ4v) is 0.769. The van der Waals surface area contributed by atoms with Crippen molar-refractivity contribution in [2.75, 3.05) is 0 Å². The molecule has 0 heterocycles. The number of aliphatic hydroxyl groups excluding tert-OH is 1. The Morgan fingerprint density at radius 1 is 1.18 bits per heavy atom. The van der Waals surface area contributed by atoms with E-state index in [-0.39, 0.29) is 12.2 Å². The van der Waals surface area contributed by atoms with E-state index in [9.17, 15) is 8.78 Å². The van der Waals surface area contributed by atoms with Crippen LogP contribution in [0.4, 0.5) is 8.78 Å². The summed E-state index contributed by atoms with van der Waals surface area (Å²) in [7, 11) is 0.